The molecule has 126 valence electrons. The molecule has 23 heavy (non-hydrogen) atoms. The van der Waals surface area contributed by atoms with Gasteiger partial charge in [-0.05, 0) is 49.6 Å². The molecule has 2 aromatic rings. The molecule has 2 rings (SSSR count). The highest BCUT2D eigenvalue weighted by Crippen LogP contribution is 2.27. The monoisotopic (exact) mass is 339 g/mol. The van der Waals surface area contributed by atoms with Gasteiger partial charge >= 0.3 is 0 Å². The smallest absolute Gasteiger partial charge is 0.244 e. The van der Waals surface area contributed by atoms with Gasteiger partial charge in [-0.1, -0.05) is 0 Å². The van der Waals surface area contributed by atoms with Crippen LogP contribution in [0.1, 0.15) is 29.2 Å². The predicted octanol–water partition coefficient (Wildman–Crippen LogP) is 2.31. The van der Waals surface area contributed by atoms with Gasteiger partial charge in [-0.3, -0.25) is 0 Å². The van der Waals surface area contributed by atoms with E-state index in [1.165, 1.54) is 19.6 Å². The van der Waals surface area contributed by atoms with Gasteiger partial charge in [0, 0.05) is 12.1 Å². The van der Waals surface area contributed by atoms with E-state index in [1.807, 2.05) is 13.8 Å². The third-order valence-corrected chi connectivity index (χ3v) is 5.19. The molecule has 0 saturated heterocycles. The Hall–Kier alpha value is -1.83. The molecule has 7 heteroatoms. The summed E-state index contributed by atoms with van der Waals surface area (Å²) in [5.74, 6) is 0.302. The first kappa shape index (κ1) is 17.5. The van der Waals surface area contributed by atoms with Crippen LogP contribution < -0.4 is 9.46 Å². The lowest BCUT2D eigenvalue weighted by molar-refractivity contribution is 0.168. The van der Waals surface area contributed by atoms with Crippen LogP contribution in [0.15, 0.2) is 40.0 Å². The zero-order chi connectivity index (χ0) is 17.0. The fourth-order valence-electron chi connectivity index (χ4n) is 2.17. The Morgan fingerprint density at radius 2 is 2.00 bits per heavy atom. The highest BCUT2D eigenvalue weighted by molar-refractivity contribution is 7.89. The molecule has 1 unspecified atom stereocenters. The third-order valence-electron chi connectivity index (χ3n) is 3.71. The Morgan fingerprint density at radius 3 is 2.61 bits per heavy atom. The number of aryl methyl sites for hydroxylation is 2. The maximum atomic E-state index is 12.5. The second-order valence-corrected chi connectivity index (χ2v) is 7.08. The van der Waals surface area contributed by atoms with Gasteiger partial charge in [0.05, 0.1) is 25.7 Å². The van der Waals surface area contributed by atoms with Crippen molar-refractivity contribution in [2.45, 2.75) is 31.3 Å². The van der Waals surface area contributed by atoms with Gasteiger partial charge in [-0.25, -0.2) is 13.1 Å². The molecule has 2 N–H and O–H groups in total. The molecule has 6 nitrogen and oxygen atoms in total. The Labute approximate surface area is 136 Å². The highest BCUT2D eigenvalue weighted by atomic mass is 32.2. The quantitative estimate of drug-likeness (QED) is 0.808. The second-order valence-electron chi connectivity index (χ2n) is 5.35. The number of hydrogen-bond acceptors (Lipinski definition) is 5. The van der Waals surface area contributed by atoms with Gasteiger partial charge in [0.25, 0.3) is 0 Å². The SMILES string of the molecule is COc1cc(C)c(C)cc1S(=O)(=O)NCCC(O)c1ccoc1. The molecule has 0 aliphatic carbocycles. The van der Waals surface area contributed by atoms with E-state index < -0.39 is 16.1 Å². The van der Waals surface area contributed by atoms with Gasteiger partial charge in [-0.2, -0.15) is 0 Å². The molecule has 1 aromatic carbocycles. The molecule has 1 aromatic heterocycles. The maximum Gasteiger partial charge on any atom is 0.244 e. The number of ether oxygens (including phenoxy) is 1. The number of furan rings is 1. The molecule has 0 radical (unpaired) electrons. The van der Waals surface area contributed by atoms with Crippen LogP contribution >= 0.6 is 0 Å². The second kappa shape index (κ2) is 7.16. The molecular weight excluding hydrogens is 318 g/mol. The van der Waals surface area contributed by atoms with Crippen LogP contribution in [0.25, 0.3) is 0 Å². The molecule has 0 spiro atoms. The predicted molar refractivity (Wildman–Crippen MR) is 85.9 cm³/mol. The first-order valence-corrected chi connectivity index (χ1v) is 8.68. The minimum Gasteiger partial charge on any atom is -0.495 e. The Morgan fingerprint density at radius 1 is 1.30 bits per heavy atom. The topological polar surface area (TPSA) is 88.8 Å². The van der Waals surface area contributed by atoms with Gasteiger partial charge < -0.3 is 14.3 Å². The summed E-state index contributed by atoms with van der Waals surface area (Å²) in [6.07, 6.45) is 2.36. The van der Waals surface area contributed by atoms with E-state index in [1.54, 1.807) is 18.2 Å². The molecule has 0 bridgehead atoms. The standard InChI is InChI=1S/C16H21NO5S/c1-11-8-15(21-3)16(9-12(11)2)23(19,20)17-6-4-14(18)13-5-7-22-10-13/h5,7-10,14,17-18H,4,6H2,1-3H3. The summed E-state index contributed by atoms with van der Waals surface area (Å²) in [6, 6.07) is 4.93. The summed E-state index contributed by atoms with van der Waals surface area (Å²) >= 11 is 0. The summed E-state index contributed by atoms with van der Waals surface area (Å²) in [7, 11) is -2.28. The number of hydrogen-bond donors (Lipinski definition) is 2. The zero-order valence-corrected chi connectivity index (χ0v) is 14.2. The molecule has 0 amide bonds. The molecule has 1 heterocycles. The van der Waals surface area contributed by atoms with Gasteiger partial charge in [0.2, 0.25) is 10.0 Å². The number of benzene rings is 1. The number of methoxy groups -OCH3 is 1. The van der Waals surface area contributed by atoms with E-state index in [-0.39, 0.29) is 17.9 Å². The van der Waals surface area contributed by atoms with Crippen LogP contribution in [0.3, 0.4) is 0 Å². The first-order chi connectivity index (χ1) is 10.8. The normalized spacial score (nSPS) is 13.0. The Bertz CT molecular complexity index is 753. The van der Waals surface area contributed by atoms with Crippen molar-refractivity contribution in [2.75, 3.05) is 13.7 Å². The van der Waals surface area contributed by atoms with Crippen molar-refractivity contribution in [3.05, 3.63) is 47.4 Å². The van der Waals surface area contributed by atoms with E-state index in [2.05, 4.69) is 4.72 Å². The molecule has 0 saturated carbocycles. The van der Waals surface area contributed by atoms with Crippen LogP contribution in [-0.4, -0.2) is 27.2 Å². The van der Waals surface area contributed by atoms with E-state index >= 15 is 0 Å². The summed E-state index contributed by atoms with van der Waals surface area (Å²) in [5.41, 5.74) is 2.44. The number of aliphatic hydroxyl groups excluding tert-OH is 1. The van der Waals surface area contributed by atoms with E-state index in [4.69, 9.17) is 9.15 Å². The lowest BCUT2D eigenvalue weighted by Gasteiger charge is -2.14. The fourth-order valence-corrected chi connectivity index (χ4v) is 3.45. The highest BCUT2D eigenvalue weighted by Gasteiger charge is 2.21. The van der Waals surface area contributed by atoms with E-state index in [0.717, 1.165) is 11.1 Å². The van der Waals surface area contributed by atoms with Gasteiger partial charge in [0.15, 0.2) is 0 Å². The number of sulfonamides is 1. The van der Waals surface area contributed by atoms with Crippen LogP contribution in [0, 0.1) is 13.8 Å². The van der Waals surface area contributed by atoms with Crippen molar-refractivity contribution >= 4 is 10.0 Å². The van der Waals surface area contributed by atoms with Crippen LogP contribution in [0.2, 0.25) is 0 Å². The summed E-state index contributed by atoms with van der Waals surface area (Å²) in [5, 5.41) is 9.94. The van der Waals surface area contributed by atoms with Crippen molar-refractivity contribution < 1.29 is 22.7 Å². The van der Waals surface area contributed by atoms with E-state index in [9.17, 15) is 13.5 Å². The largest absolute Gasteiger partial charge is 0.495 e. The molecule has 1 atom stereocenters. The summed E-state index contributed by atoms with van der Waals surface area (Å²) in [6.45, 7) is 3.84. The Balaban J connectivity index is 2.09. The first-order valence-electron chi connectivity index (χ1n) is 7.20. The van der Waals surface area contributed by atoms with Crippen molar-refractivity contribution in [1.29, 1.82) is 0 Å². The van der Waals surface area contributed by atoms with Crippen LogP contribution in [0.5, 0.6) is 5.75 Å². The lowest BCUT2D eigenvalue weighted by atomic mass is 10.1. The van der Waals surface area contributed by atoms with Crippen molar-refractivity contribution in [3.8, 4) is 5.75 Å². The lowest BCUT2D eigenvalue weighted by Crippen LogP contribution is -2.26. The molecule has 0 fully saturated rings. The Kier molecular flexibility index (Phi) is 5.46. The average molecular weight is 339 g/mol. The van der Waals surface area contributed by atoms with Gasteiger partial charge in [0.1, 0.15) is 10.6 Å². The van der Waals surface area contributed by atoms with E-state index in [0.29, 0.717) is 11.3 Å². The third kappa shape index (κ3) is 4.13. The average Bonchev–Trinajstić information content (AvgIpc) is 3.03. The zero-order valence-electron chi connectivity index (χ0n) is 13.4. The minimum absolute atomic E-state index is 0.0981. The van der Waals surface area contributed by atoms with Crippen molar-refractivity contribution in [3.63, 3.8) is 0 Å². The number of aliphatic hydroxyl groups is 1. The number of nitrogens with one attached hydrogen (secondary N) is 1. The number of rotatable bonds is 7. The van der Waals surface area contributed by atoms with Gasteiger partial charge in [-0.15, -0.1) is 0 Å². The molecule has 0 aliphatic heterocycles. The van der Waals surface area contributed by atoms with Crippen LogP contribution in [0.4, 0.5) is 0 Å². The summed E-state index contributed by atoms with van der Waals surface area (Å²) in [4.78, 5) is 0.0981. The van der Waals surface area contributed by atoms with Crippen molar-refractivity contribution in [1.82, 2.24) is 4.72 Å². The minimum atomic E-state index is -3.72. The fraction of sp³-hybridized carbons (Fsp3) is 0.375. The van der Waals surface area contributed by atoms with Crippen molar-refractivity contribution in [2.24, 2.45) is 0 Å². The molecule has 0 aliphatic rings. The molecular formula is C16H21NO5S. The summed E-state index contributed by atoms with van der Waals surface area (Å²) < 4.78 is 37.5. The van der Waals surface area contributed by atoms with Crippen LogP contribution in [-0.2, 0) is 10.0 Å². The maximum absolute atomic E-state index is 12.5.